The lowest BCUT2D eigenvalue weighted by molar-refractivity contribution is 0.0453. The number of hydrogen-bond acceptors (Lipinski definition) is 5. The lowest BCUT2D eigenvalue weighted by Gasteiger charge is -2.13. The van der Waals surface area contributed by atoms with Gasteiger partial charge in [-0.3, -0.25) is 0 Å². The molecular weight excluding hydrogens is 507 g/mol. The van der Waals surface area contributed by atoms with Gasteiger partial charge in [0, 0.05) is 18.6 Å². The first-order valence-electron chi connectivity index (χ1n) is 10.6. The highest BCUT2D eigenvalue weighted by Crippen LogP contribution is 2.22. The molecule has 31 heavy (non-hydrogen) atoms. The maximum Gasteiger partial charge on any atom is 0.213 e. The Kier molecular flexibility index (Phi) is 12.7. The summed E-state index contributed by atoms with van der Waals surface area (Å²) in [6, 6.07) is 8.29. The Morgan fingerprint density at radius 3 is 2.52 bits per heavy atom. The highest BCUT2D eigenvalue weighted by atomic mass is 127. The van der Waals surface area contributed by atoms with Crippen LogP contribution in [0.1, 0.15) is 57.4 Å². The van der Waals surface area contributed by atoms with Crippen molar-refractivity contribution in [3.8, 4) is 0 Å². The van der Waals surface area contributed by atoms with Gasteiger partial charge in [-0.25, -0.2) is 9.98 Å². The fourth-order valence-corrected chi connectivity index (χ4v) is 2.68. The fraction of sp³-hybridized carbons (Fsp3) is 0.565. The predicted octanol–water partition coefficient (Wildman–Crippen LogP) is 4.40. The number of nitrogens with zero attached hydrogens (tertiary/aromatic N) is 2. The molecule has 1 aromatic carbocycles. The number of rotatable bonds is 11. The van der Waals surface area contributed by atoms with E-state index in [1.807, 2.05) is 19.9 Å². The number of aromatic nitrogens is 1. The SMILES string of the molecule is CCNC(=NCc1cccc(COCCOCC)c1)NCc1ncc(C(C)(C)C)o1.I. The van der Waals surface area contributed by atoms with Crippen LogP contribution in [0.4, 0.5) is 0 Å². The Balaban J connectivity index is 0.00000480. The van der Waals surface area contributed by atoms with Gasteiger partial charge in [-0.15, -0.1) is 24.0 Å². The summed E-state index contributed by atoms with van der Waals surface area (Å²) in [6.45, 7) is 14.7. The summed E-state index contributed by atoms with van der Waals surface area (Å²) in [5, 5.41) is 6.54. The third-order valence-electron chi connectivity index (χ3n) is 4.30. The first-order chi connectivity index (χ1) is 14.4. The molecule has 7 nitrogen and oxygen atoms in total. The van der Waals surface area contributed by atoms with Crippen molar-refractivity contribution in [1.82, 2.24) is 15.6 Å². The summed E-state index contributed by atoms with van der Waals surface area (Å²) in [7, 11) is 0. The maximum absolute atomic E-state index is 5.84. The summed E-state index contributed by atoms with van der Waals surface area (Å²) in [5.74, 6) is 2.25. The Labute approximate surface area is 203 Å². The molecule has 0 saturated heterocycles. The van der Waals surface area contributed by atoms with E-state index >= 15 is 0 Å². The van der Waals surface area contributed by atoms with E-state index in [-0.39, 0.29) is 29.4 Å². The standard InChI is InChI=1S/C23H36N4O3.HI/c1-6-24-22(27-16-21-25-15-20(30-21)23(3,4)5)26-14-18-9-8-10-19(13-18)17-29-12-11-28-7-2;/h8-10,13,15H,6-7,11-12,14,16-17H2,1-5H3,(H2,24,26,27);1H. The molecule has 8 heteroatoms. The zero-order valence-electron chi connectivity index (χ0n) is 19.4. The highest BCUT2D eigenvalue weighted by Gasteiger charge is 2.19. The van der Waals surface area contributed by atoms with Gasteiger partial charge in [0.25, 0.3) is 0 Å². The molecule has 0 saturated carbocycles. The van der Waals surface area contributed by atoms with Crippen LogP contribution in [0.25, 0.3) is 0 Å². The van der Waals surface area contributed by atoms with Crippen molar-refractivity contribution in [2.45, 2.75) is 59.7 Å². The first-order valence-corrected chi connectivity index (χ1v) is 10.6. The number of halogens is 1. The number of guanidine groups is 1. The molecule has 0 aliphatic carbocycles. The molecule has 0 atom stereocenters. The third kappa shape index (κ3) is 10.5. The highest BCUT2D eigenvalue weighted by molar-refractivity contribution is 14.0. The molecule has 1 aromatic heterocycles. The minimum atomic E-state index is -0.0540. The number of aliphatic imine (C=N–C) groups is 1. The van der Waals surface area contributed by atoms with E-state index in [1.165, 1.54) is 0 Å². The molecule has 0 bridgehead atoms. The van der Waals surface area contributed by atoms with Gasteiger partial charge in [0.2, 0.25) is 5.89 Å². The van der Waals surface area contributed by atoms with Crippen LogP contribution in [0.15, 0.2) is 39.9 Å². The number of ether oxygens (including phenoxy) is 2. The summed E-state index contributed by atoms with van der Waals surface area (Å²) < 4.78 is 16.8. The van der Waals surface area contributed by atoms with Crippen LogP contribution in [-0.2, 0) is 34.6 Å². The van der Waals surface area contributed by atoms with Crippen molar-refractivity contribution in [1.29, 1.82) is 0 Å². The van der Waals surface area contributed by atoms with E-state index in [1.54, 1.807) is 6.20 Å². The van der Waals surface area contributed by atoms with Crippen molar-refractivity contribution < 1.29 is 13.9 Å². The zero-order valence-corrected chi connectivity index (χ0v) is 21.7. The molecule has 1 heterocycles. The van der Waals surface area contributed by atoms with E-state index in [2.05, 4.69) is 59.6 Å². The zero-order chi connectivity index (χ0) is 21.8. The average molecular weight is 544 g/mol. The van der Waals surface area contributed by atoms with Crippen LogP contribution < -0.4 is 10.6 Å². The van der Waals surface area contributed by atoms with Gasteiger partial charge in [0.15, 0.2) is 5.96 Å². The molecule has 0 radical (unpaired) electrons. The summed E-state index contributed by atoms with van der Waals surface area (Å²) >= 11 is 0. The monoisotopic (exact) mass is 544 g/mol. The second-order valence-corrected chi connectivity index (χ2v) is 7.99. The van der Waals surface area contributed by atoms with E-state index in [9.17, 15) is 0 Å². The van der Waals surface area contributed by atoms with E-state index in [4.69, 9.17) is 13.9 Å². The first kappa shape index (κ1) is 27.4. The normalized spacial score (nSPS) is 11.8. The third-order valence-corrected chi connectivity index (χ3v) is 4.30. The molecule has 0 spiro atoms. The molecule has 2 rings (SSSR count). The lowest BCUT2D eigenvalue weighted by atomic mass is 9.94. The summed E-state index contributed by atoms with van der Waals surface area (Å²) in [4.78, 5) is 9.04. The summed E-state index contributed by atoms with van der Waals surface area (Å²) in [5.41, 5.74) is 2.21. The molecule has 2 N–H and O–H groups in total. The number of hydrogen-bond donors (Lipinski definition) is 2. The molecule has 0 fully saturated rings. The number of oxazole rings is 1. The van der Waals surface area contributed by atoms with Crippen LogP contribution in [0, 0.1) is 0 Å². The molecule has 0 unspecified atom stereocenters. The number of benzene rings is 1. The minimum absolute atomic E-state index is 0. The van der Waals surface area contributed by atoms with Gasteiger partial charge in [-0.1, -0.05) is 45.0 Å². The van der Waals surface area contributed by atoms with Crippen molar-refractivity contribution in [3.63, 3.8) is 0 Å². The van der Waals surface area contributed by atoms with Crippen LogP contribution >= 0.6 is 24.0 Å². The van der Waals surface area contributed by atoms with Gasteiger partial charge in [-0.05, 0) is 25.0 Å². The van der Waals surface area contributed by atoms with Gasteiger partial charge in [-0.2, -0.15) is 0 Å². The summed E-state index contributed by atoms with van der Waals surface area (Å²) in [6.07, 6.45) is 1.79. The number of nitrogens with one attached hydrogen (secondary N) is 2. The van der Waals surface area contributed by atoms with Gasteiger partial charge < -0.3 is 24.5 Å². The largest absolute Gasteiger partial charge is 0.443 e. The fourth-order valence-electron chi connectivity index (χ4n) is 2.68. The molecule has 0 aliphatic heterocycles. The minimum Gasteiger partial charge on any atom is -0.443 e. The predicted molar refractivity (Wildman–Crippen MR) is 135 cm³/mol. The molecular formula is C23H37IN4O3. The van der Waals surface area contributed by atoms with Gasteiger partial charge >= 0.3 is 0 Å². The van der Waals surface area contributed by atoms with Crippen molar-refractivity contribution in [2.75, 3.05) is 26.4 Å². The lowest BCUT2D eigenvalue weighted by Crippen LogP contribution is -2.36. The quantitative estimate of drug-likeness (QED) is 0.189. The molecule has 174 valence electrons. The molecule has 0 amide bonds. The second-order valence-electron chi connectivity index (χ2n) is 7.99. The van der Waals surface area contributed by atoms with Crippen LogP contribution in [-0.4, -0.2) is 37.3 Å². The second kappa shape index (κ2) is 14.4. The Morgan fingerprint density at radius 1 is 1.10 bits per heavy atom. The van der Waals surface area contributed by atoms with Gasteiger partial charge in [0.05, 0.1) is 39.1 Å². The van der Waals surface area contributed by atoms with Crippen LogP contribution in [0.2, 0.25) is 0 Å². The van der Waals surface area contributed by atoms with E-state index in [0.29, 0.717) is 45.4 Å². The Bertz CT molecular complexity index is 787. The van der Waals surface area contributed by atoms with Crippen molar-refractivity contribution >= 4 is 29.9 Å². The maximum atomic E-state index is 5.84. The van der Waals surface area contributed by atoms with Crippen LogP contribution in [0.5, 0.6) is 0 Å². The van der Waals surface area contributed by atoms with E-state index in [0.717, 1.165) is 29.4 Å². The molecule has 2 aromatic rings. The van der Waals surface area contributed by atoms with Crippen molar-refractivity contribution in [2.24, 2.45) is 4.99 Å². The Morgan fingerprint density at radius 2 is 1.84 bits per heavy atom. The van der Waals surface area contributed by atoms with Gasteiger partial charge in [0.1, 0.15) is 5.76 Å². The van der Waals surface area contributed by atoms with Crippen molar-refractivity contribution in [3.05, 3.63) is 53.2 Å². The topological polar surface area (TPSA) is 80.9 Å². The smallest absolute Gasteiger partial charge is 0.213 e. The molecule has 0 aliphatic rings. The van der Waals surface area contributed by atoms with E-state index < -0.39 is 0 Å². The average Bonchev–Trinajstić information content (AvgIpc) is 3.20. The van der Waals surface area contributed by atoms with Crippen LogP contribution in [0.3, 0.4) is 0 Å². The Hall–Kier alpha value is -1.65.